The number of nitrogens with one attached hydrogen (secondary N) is 1. The van der Waals surface area contributed by atoms with Crippen LogP contribution in [0.15, 0.2) is 48.5 Å². The zero-order valence-corrected chi connectivity index (χ0v) is 19.1. The van der Waals surface area contributed by atoms with Crippen molar-refractivity contribution in [2.24, 2.45) is 5.92 Å². The highest BCUT2D eigenvalue weighted by molar-refractivity contribution is 5.87. The second-order valence-corrected chi connectivity index (χ2v) is 9.63. The van der Waals surface area contributed by atoms with E-state index in [1.54, 1.807) is 4.90 Å². The Morgan fingerprint density at radius 2 is 1.65 bits per heavy atom. The van der Waals surface area contributed by atoms with Gasteiger partial charge in [-0.3, -0.25) is 9.59 Å². The molecule has 0 spiro atoms. The highest BCUT2D eigenvalue weighted by Gasteiger charge is 2.38. The number of aliphatic carboxylic acids is 1. The lowest BCUT2D eigenvalue weighted by atomic mass is 9.98. The number of likely N-dealkylation sites (tertiary alicyclic amines) is 1. The Labute approximate surface area is 199 Å². The van der Waals surface area contributed by atoms with E-state index in [0.717, 1.165) is 41.5 Å². The Morgan fingerprint density at radius 3 is 2.26 bits per heavy atom. The van der Waals surface area contributed by atoms with Crippen LogP contribution < -0.4 is 5.32 Å². The number of carbonyl (C=O) groups is 3. The van der Waals surface area contributed by atoms with Gasteiger partial charge in [0.1, 0.15) is 12.6 Å². The number of carboxylic acids is 1. The molecule has 0 radical (unpaired) electrons. The monoisotopic (exact) mass is 462 g/mol. The Kier molecular flexibility index (Phi) is 6.26. The number of hydrogen-bond acceptors (Lipinski definition) is 4. The van der Waals surface area contributed by atoms with E-state index in [1.807, 2.05) is 24.3 Å². The molecule has 0 aromatic heterocycles. The summed E-state index contributed by atoms with van der Waals surface area (Å²) in [5, 5.41) is 12.0. The number of benzene rings is 2. The number of ether oxygens (including phenoxy) is 1. The molecule has 34 heavy (non-hydrogen) atoms. The highest BCUT2D eigenvalue weighted by Crippen LogP contribution is 2.44. The molecule has 1 saturated heterocycles. The first-order valence-corrected chi connectivity index (χ1v) is 12.1. The third-order valence-electron chi connectivity index (χ3n) is 7.27. The first-order chi connectivity index (χ1) is 16.5. The number of nitrogens with zero attached hydrogens (tertiary/aromatic N) is 1. The van der Waals surface area contributed by atoms with Crippen molar-refractivity contribution in [3.8, 4) is 11.1 Å². The predicted molar refractivity (Wildman–Crippen MR) is 126 cm³/mol. The van der Waals surface area contributed by atoms with Crippen LogP contribution in [-0.2, 0) is 14.3 Å². The van der Waals surface area contributed by atoms with Crippen LogP contribution in [0.3, 0.4) is 0 Å². The summed E-state index contributed by atoms with van der Waals surface area (Å²) in [7, 11) is 0. The lowest BCUT2D eigenvalue weighted by molar-refractivity contribution is -0.140. The van der Waals surface area contributed by atoms with Gasteiger partial charge in [-0.25, -0.2) is 4.79 Å². The van der Waals surface area contributed by atoms with Gasteiger partial charge in [0.2, 0.25) is 5.91 Å². The Bertz CT molecular complexity index is 1050. The summed E-state index contributed by atoms with van der Waals surface area (Å²) in [6.07, 6.45) is 3.47. The predicted octanol–water partition coefficient (Wildman–Crippen LogP) is 4.16. The average Bonchev–Trinajstić information content (AvgIpc) is 3.43. The quantitative estimate of drug-likeness (QED) is 0.614. The zero-order chi connectivity index (χ0) is 23.7. The minimum absolute atomic E-state index is 0.0470. The average molecular weight is 463 g/mol. The molecular weight excluding hydrogens is 432 g/mol. The molecule has 1 saturated carbocycles. The number of alkyl carbamates (subject to hydrolysis) is 1. The first-order valence-electron chi connectivity index (χ1n) is 12.1. The number of fused-ring (bicyclic) bond motifs is 3. The smallest absolute Gasteiger partial charge is 0.407 e. The van der Waals surface area contributed by atoms with Gasteiger partial charge in [0, 0.05) is 18.5 Å². The molecule has 1 heterocycles. The number of amides is 2. The third-order valence-corrected chi connectivity index (χ3v) is 7.27. The van der Waals surface area contributed by atoms with Gasteiger partial charge in [-0.05, 0) is 47.4 Å². The fraction of sp³-hybridized carbons (Fsp3) is 0.444. The van der Waals surface area contributed by atoms with Gasteiger partial charge in [-0.1, -0.05) is 61.4 Å². The molecule has 2 amide bonds. The van der Waals surface area contributed by atoms with Crippen molar-refractivity contribution in [1.29, 1.82) is 0 Å². The van der Waals surface area contributed by atoms with E-state index in [0.29, 0.717) is 25.3 Å². The van der Waals surface area contributed by atoms with Crippen molar-refractivity contribution in [1.82, 2.24) is 10.2 Å². The molecular formula is C27H30N2O5. The van der Waals surface area contributed by atoms with Gasteiger partial charge in [-0.2, -0.15) is 0 Å². The number of carboxylic acid groups (broad SMARTS) is 1. The van der Waals surface area contributed by atoms with E-state index in [1.165, 1.54) is 0 Å². The minimum Gasteiger partial charge on any atom is -0.481 e. The fourth-order valence-electron chi connectivity index (χ4n) is 5.43. The molecule has 7 nitrogen and oxygen atoms in total. The van der Waals surface area contributed by atoms with Gasteiger partial charge in [0.05, 0.1) is 6.42 Å². The molecule has 178 valence electrons. The summed E-state index contributed by atoms with van der Waals surface area (Å²) in [6.45, 7) is 0.722. The summed E-state index contributed by atoms with van der Waals surface area (Å²) in [6, 6.07) is 15.3. The van der Waals surface area contributed by atoms with Gasteiger partial charge in [0.25, 0.3) is 0 Å². The van der Waals surface area contributed by atoms with Crippen molar-refractivity contribution in [2.45, 2.75) is 56.5 Å². The van der Waals surface area contributed by atoms with E-state index in [-0.39, 0.29) is 30.9 Å². The second kappa shape index (κ2) is 9.49. The molecule has 1 unspecified atom stereocenters. The van der Waals surface area contributed by atoms with E-state index >= 15 is 0 Å². The molecule has 7 heteroatoms. The SMILES string of the molecule is O=C(O)CC1CCCN1C(=O)[C@H](CC1CC1)NC(=O)OCC1c2ccccc2-c2ccccc21. The van der Waals surface area contributed by atoms with Gasteiger partial charge < -0.3 is 20.1 Å². The van der Waals surface area contributed by atoms with E-state index in [4.69, 9.17) is 4.74 Å². The molecule has 2 aromatic carbocycles. The Balaban J connectivity index is 1.25. The normalized spacial score (nSPS) is 19.9. The lowest BCUT2D eigenvalue weighted by Crippen LogP contribution is -2.50. The maximum atomic E-state index is 13.3. The summed E-state index contributed by atoms with van der Waals surface area (Å²) >= 11 is 0. The van der Waals surface area contributed by atoms with Gasteiger partial charge in [-0.15, -0.1) is 0 Å². The van der Waals surface area contributed by atoms with Crippen molar-refractivity contribution < 1.29 is 24.2 Å². The van der Waals surface area contributed by atoms with E-state index < -0.39 is 18.1 Å². The first kappa shape index (κ1) is 22.4. The van der Waals surface area contributed by atoms with Gasteiger partial charge in [0.15, 0.2) is 0 Å². The number of hydrogen-bond donors (Lipinski definition) is 2. The van der Waals surface area contributed by atoms with Crippen LogP contribution in [0.2, 0.25) is 0 Å². The van der Waals surface area contributed by atoms with Crippen LogP contribution in [0.4, 0.5) is 4.79 Å². The molecule has 2 aromatic rings. The van der Waals surface area contributed by atoms with Gasteiger partial charge >= 0.3 is 12.1 Å². The number of rotatable bonds is 8. The topological polar surface area (TPSA) is 95.9 Å². The van der Waals surface area contributed by atoms with Crippen LogP contribution in [0.25, 0.3) is 11.1 Å². The summed E-state index contributed by atoms with van der Waals surface area (Å²) in [5.74, 6) is -0.727. The lowest BCUT2D eigenvalue weighted by Gasteiger charge is -2.28. The largest absolute Gasteiger partial charge is 0.481 e. The highest BCUT2D eigenvalue weighted by atomic mass is 16.5. The summed E-state index contributed by atoms with van der Waals surface area (Å²) < 4.78 is 5.66. The van der Waals surface area contributed by atoms with Crippen LogP contribution >= 0.6 is 0 Å². The van der Waals surface area contributed by atoms with Crippen LogP contribution in [0.1, 0.15) is 55.6 Å². The van der Waals surface area contributed by atoms with Crippen LogP contribution in [-0.4, -0.2) is 53.2 Å². The molecule has 5 rings (SSSR count). The fourth-order valence-corrected chi connectivity index (χ4v) is 5.43. The molecule has 2 N–H and O–H groups in total. The molecule has 1 aliphatic heterocycles. The molecule has 2 aliphatic carbocycles. The third kappa shape index (κ3) is 4.65. The van der Waals surface area contributed by atoms with Crippen molar-refractivity contribution in [3.05, 3.63) is 59.7 Å². The zero-order valence-electron chi connectivity index (χ0n) is 19.1. The van der Waals surface area contributed by atoms with Crippen molar-refractivity contribution in [3.63, 3.8) is 0 Å². The maximum Gasteiger partial charge on any atom is 0.407 e. The van der Waals surface area contributed by atoms with Crippen LogP contribution in [0.5, 0.6) is 0 Å². The van der Waals surface area contributed by atoms with E-state index in [9.17, 15) is 19.5 Å². The maximum absolute atomic E-state index is 13.3. The summed E-state index contributed by atoms with van der Waals surface area (Å²) in [5.41, 5.74) is 4.59. The minimum atomic E-state index is -0.909. The van der Waals surface area contributed by atoms with E-state index in [2.05, 4.69) is 29.6 Å². The molecule has 2 atom stereocenters. The molecule has 0 bridgehead atoms. The standard InChI is InChI=1S/C27H30N2O5/c30-25(31)15-18-6-5-13-29(18)26(32)24(14-17-11-12-17)28-27(33)34-16-23-21-9-3-1-7-19(21)20-8-2-4-10-22(20)23/h1-4,7-10,17-18,23-24H,5-6,11-16H2,(H,28,33)(H,30,31)/t18?,24-/m0/s1. The van der Waals surface area contributed by atoms with Crippen molar-refractivity contribution >= 4 is 18.0 Å². The molecule has 3 aliphatic rings. The Morgan fingerprint density at radius 1 is 1.00 bits per heavy atom. The number of carbonyl (C=O) groups excluding carboxylic acids is 2. The summed E-state index contributed by atoms with van der Waals surface area (Å²) in [4.78, 5) is 39.0. The second-order valence-electron chi connectivity index (χ2n) is 9.63. The van der Waals surface area contributed by atoms with Crippen LogP contribution in [0, 0.1) is 5.92 Å². The Hall–Kier alpha value is -3.35. The van der Waals surface area contributed by atoms with Crippen molar-refractivity contribution in [2.75, 3.05) is 13.2 Å². The molecule has 2 fully saturated rings.